The van der Waals surface area contributed by atoms with Crippen LogP contribution < -0.4 is 10.6 Å². The first-order valence-corrected chi connectivity index (χ1v) is 9.85. The van der Waals surface area contributed by atoms with Gasteiger partial charge in [0.25, 0.3) is 0 Å². The van der Waals surface area contributed by atoms with Crippen LogP contribution in [0.1, 0.15) is 18.1 Å². The second-order valence-corrected chi connectivity index (χ2v) is 7.59. The van der Waals surface area contributed by atoms with Crippen LogP contribution in [0.15, 0.2) is 72.8 Å². The summed E-state index contributed by atoms with van der Waals surface area (Å²) in [4.78, 5) is 24.4. The Hall–Kier alpha value is -3.66. The molecule has 1 unspecified atom stereocenters. The second-order valence-electron chi connectivity index (χ2n) is 7.16. The third-order valence-corrected chi connectivity index (χ3v) is 5.00. The summed E-state index contributed by atoms with van der Waals surface area (Å²) in [6.45, 7) is 1.37. The summed E-state index contributed by atoms with van der Waals surface area (Å²) in [5.74, 6) is -1.90. The lowest BCUT2D eigenvalue weighted by atomic mass is 9.93. The van der Waals surface area contributed by atoms with Crippen molar-refractivity contribution in [1.29, 1.82) is 5.26 Å². The fraction of sp³-hybridized carbons (Fsp3) is 0.125. The van der Waals surface area contributed by atoms with Crippen LogP contribution in [0.25, 0.3) is 11.1 Å². The van der Waals surface area contributed by atoms with Crippen molar-refractivity contribution in [3.8, 4) is 17.2 Å². The van der Waals surface area contributed by atoms with E-state index in [-0.39, 0.29) is 17.8 Å². The first kappa shape index (κ1) is 22.0. The molecule has 2 amide bonds. The van der Waals surface area contributed by atoms with Crippen molar-refractivity contribution >= 4 is 29.1 Å². The highest BCUT2D eigenvalue weighted by atomic mass is 35.5. The highest BCUT2D eigenvalue weighted by Crippen LogP contribution is 2.25. The van der Waals surface area contributed by atoms with Crippen molar-refractivity contribution in [3.05, 3.63) is 88.9 Å². The van der Waals surface area contributed by atoms with Crippen LogP contribution in [0, 0.1) is 11.3 Å². The maximum absolute atomic E-state index is 12.2. The van der Waals surface area contributed by atoms with Crippen molar-refractivity contribution in [2.75, 3.05) is 11.9 Å². The maximum Gasteiger partial charge on any atom is 0.313 e. The fourth-order valence-corrected chi connectivity index (χ4v) is 3.16. The minimum atomic E-state index is -1.39. The number of anilines is 1. The predicted molar refractivity (Wildman–Crippen MR) is 119 cm³/mol. The first-order chi connectivity index (χ1) is 14.8. The van der Waals surface area contributed by atoms with E-state index in [0.29, 0.717) is 10.6 Å². The molecule has 0 aromatic heterocycles. The highest BCUT2D eigenvalue weighted by molar-refractivity contribution is 6.40. The van der Waals surface area contributed by atoms with Crippen LogP contribution in [-0.2, 0) is 15.2 Å². The van der Waals surface area contributed by atoms with Gasteiger partial charge in [0, 0.05) is 5.02 Å². The number of nitriles is 1. The molecule has 0 fully saturated rings. The summed E-state index contributed by atoms with van der Waals surface area (Å²) in [5, 5.41) is 25.0. The molecule has 0 aliphatic heterocycles. The molecule has 0 bridgehead atoms. The van der Waals surface area contributed by atoms with Crippen LogP contribution in [0.3, 0.4) is 0 Å². The van der Waals surface area contributed by atoms with E-state index in [4.69, 9.17) is 16.9 Å². The maximum atomic E-state index is 12.2. The summed E-state index contributed by atoms with van der Waals surface area (Å²) in [6.07, 6.45) is 0. The number of carbonyl (C=O) groups is 2. The minimum absolute atomic E-state index is 0.137. The lowest BCUT2D eigenvalue weighted by molar-refractivity contribution is -0.136. The summed E-state index contributed by atoms with van der Waals surface area (Å²) >= 11 is 5.88. The van der Waals surface area contributed by atoms with E-state index in [1.54, 1.807) is 19.1 Å². The number of nitrogens with one attached hydrogen (secondary N) is 2. The third-order valence-electron chi connectivity index (χ3n) is 4.76. The Morgan fingerprint density at radius 1 is 1.00 bits per heavy atom. The van der Waals surface area contributed by atoms with Crippen molar-refractivity contribution in [3.63, 3.8) is 0 Å². The zero-order chi connectivity index (χ0) is 22.4. The van der Waals surface area contributed by atoms with E-state index >= 15 is 0 Å². The summed E-state index contributed by atoms with van der Waals surface area (Å²) in [6, 6.07) is 23.4. The number of nitrogens with zero attached hydrogens (tertiary/aromatic N) is 1. The molecule has 3 N–H and O–H groups in total. The van der Waals surface area contributed by atoms with E-state index in [1.807, 2.05) is 48.5 Å². The molecule has 0 aliphatic rings. The summed E-state index contributed by atoms with van der Waals surface area (Å²) < 4.78 is 0. The number of aliphatic hydroxyl groups is 1. The second kappa shape index (κ2) is 9.43. The minimum Gasteiger partial charge on any atom is -0.384 e. The zero-order valence-electron chi connectivity index (χ0n) is 16.7. The Kier molecular flexibility index (Phi) is 6.71. The molecule has 0 radical (unpaired) electrons. The van der Waals surface area contributed by atoms with Gasteiger partial charge < -0.3 is 15.7 Å². The number of hydrogen-bond acceptors (Lipinski definition) is 4. The van der Waals surface area contributed by atoms with Crippen molar-refractivity contribution < 1.29 is 14.7 Å². The number of halogens is 1. The molecule has 0 saturated carbocycles. The smallest absolute Gasteiger partial charge is 0.313 e. The van der Waals surface area contributed by atoms with E-state index in [1.165, 1.54) is 18.2 Å². The number of amides is 2. The molecule has 6 nitrogen and oxygen atoms in total. The summed E-state index contributed by atoms with van der Waals surface area (Å²) in [7, 11) is 0. The molecule has 1 atom stereocenters. The molecule has 156 valence electrons. The number of benzene rings is 3. The van der Waals surface area contributed by atoms with Gasteiger partial charge in [-0.1, -0.05) is 66.2 Å². The van der Waals surface area contributed by atoms with E-state index in [0.717, 1.165) is 11.1 Å². The molecular formula is C24H20ClN3O3. The zero-order valence-corrected chi connectivity index (χ0v) is 17.5. The van der Waals surface area contributed by atoms with Gasteiger partial charge in [-0.05, 0) is 41.8 Å². The average molecular weight is 434 g/mol. The SMILES string of the molecule is CC(O)(CNC(=O)C(=O)Nc1cc(Cl)ccc1C#N)c1ccc(-c2ccccc2)cc1. The van der Waals surface area contributed by atoms with E-state index in [9.17, 15) is 14.7 Å². The molecule has 0 spiro atoms. The first-order valence-electron chi connectivity index (χ1n) is 9.47. The standard InChI is InChI=1S/C24H20ClN3O3/c1-24(31,19-10-7-17(8-11-19)16-5-3-2-4-6-16)15-27-22(29)23(30)28-21-13-20(25)12-9-18(21)14-26/h2-13,31H,15H2,1H3,(H,27,29)(H,28,30). The monoisotopic (exact) mass is 433 g/mol. The third kappa shape index (κ3) is 5.48. The Morgan fingerprint density at radius 3 is 2.29 bits per heavy atom. The van der Waals surface area contributed by atoms with E-state index in [2.05, 4.69) is 10.6 Å². The van der Waals surface area contributed by atoms with Gasteiger partial charge in [-0.3, -0.25) is 9.59 Å². The topological polar surface area (TPSA) is 102 Å². The Labute approximate surface area is 185 Å². The van der Waals surface area contributed by atoms with Crippen LogP contribution in [0.5, 0.6) is 0 Å². The molecule has 3 aromatic carbocycles. The number of hydrogen-bond donors (Lipinski definition) is 3. The molecule has 31 heavy (non-hydrogen) atoms. The average Bonchev–Trinajstić information content (AvgIpc) is 2.78. The van der Waals surface area contributed by atoms with Crippen LogP contribution in [0.4, 0.5) is 5.69 Å². The van der Waals surface area contributed by atoms with Gasteiger partial charge in [0.1, 0.15) is 11.7 Å². The lowest BCUT2D eigenvalue weighted by Gasteiger charge is -2.24. The van der Waals surface area contributed by atoms with Crippen LogP contribution in [0.2, 0.25) is 5.02 Å². The fourth-order valence-electron chi connectivity index (χ4n) is 2.98. The van der Waals surface area contributed by atoms with Crippen molar-refractivity contribution in [2.24, 2.45) is 0 Å². The normalized spacial score (nSPS) is 12.3. The van der Waals surface area contributed by atoms with Gasteiger partial charge in [0.05, 0.1) is 17.8 Å². The molecule has 3 rings (SSSR count). The van der Waals surface area contributed by atoms with Gasteiger partial charge in [-0.25, -0.2) is 0 Å². The van der Waals surface area contributed by atoms with Crippen molar-refractivity contribution in [1.82, 2.24) is 5.32 Å². The van der Waals surface area contributed by atoms with Gasteiger partial charge in [-0.15, -0.1) is 0 Å². The van der Waals surface area contributed by atoms with Crippen LogP contribution >= 0.6 is 11.6 Å². The molecule has 0 heterocycles. The lowest BCUT2D eigenvalue weighted by Crippen LogP contribution is -2.43. The van der Waals surface area contributed by atoms with Gasteiger partial charge in [0.15, 0.2) is 0 Å². The molecule has 7 heteroatoms. The van der Waals surface area contributed by atoms with E-state index < -0.39 is 17.4 Å². The molecule has 3 aromatic rings. The Morgan fingerprint density at radius 2 is 1.65 bits per heavy atom. The highest BCUT2D eigenvalue weighted by Gasteiger charge is 2.26. The van der Waals surface area contributed by atoms with Crippen molar-refractivity contribution in [2.45, 2.75) is 12.5 Å². The van der Waals surface area contributed by atoms with Gasteiger partial charge in [-0.2, -0.15) is 5.26 Å². The quantitative estimate of drug-likeness (QED) is 0.532. The Bertz CT molecular complexity index is 1140. The molecule has 0 aliphatic carbocycles. The Balaban J connectivity index is 1.63. The summed E-state index contributed by atoms with van der Waals surface area (Å²) in [5.41, 5.74) is 1.57. The van der Waals surface area contributed by atoms with Gasteiger partial charge >= 0.3 is 11.8 Å². The van der Waals surface area contributed by atoms with Gasteiger partial charge in [0.2, 0.25) is 0 Å². The molecule has 0 saturated heterocycles. The number of rotatable bonds is 5. The predicted octanol–water partition coefficient (Wildman–Crippen LogP) is 3.84. The van der Waals surface area contributed by atoms with Crippen LogP contribution in [-0.4, -0.2) is 23.5 Å². The largest absolute Gasteiger partial charge is 0.384 e. The molecular weight excluding hydrogens is 414 g/mol. The number of carbonyl (C=O) groups excluding carboxylic acids is 2.